The predicted octanol–water partition coefficient (Wildman–Crippen LogP) is 8.55. The Kier molecular flexibility index (Phi) is 16.6. The Morgan fingerprint density at radius 1 is 0.886 bits per heavy atom. The molecule has 0 saturated carbocycles. The maximum Gasteiger partial charge on any atom is 0.229 e. The zero-order valence-corrected chi connectivity index (χ0v) is 22.0. The van der Waals surface area contributed by atoms with Crippen molar-refractivity contribution in [3.63, 3.8) is 0 Å². The summed E-state index contributed by atoms with van der Waals surface area (Å²) in [5, 5.41) is 0. The van der Waals surface area contributed by atoms with Crippen LogP contribution in [0.15, 0.2) is 67.9 Å². The molecular weight excluding hydrogens is 440 g/mol. The number of fused-ring (bicyclic) bond motifs is 1. The van der Waals surface area contributed by atoms with Gasteiger partial charge in [0.2, 0.25) is 6.93 Å². The van der Waals surface area contributed by atoms with E-state index in [9.17, 15) is 8.78 Å². The molecule has 1 aromatic heterocycles. The van der Waals surface area contributed by atoms with Crippen molar-refractivity contribution >= 4 is 6.79 Å². The SMILES string of the molecule is C=C.C=O.CCCc1cc(C)c(C)cc1C.C[C@@H]1Cc2ccc(-c3ccccn3)cc2C1.FCF. The van der Waals surface area contributed by atoms with E-state index in [1.165, 1.54) is 64.6 Å². The van der Waals surface area contributed by atoms with Crippen LogP contribution < -0.4 is 0 Å². The van der Waals surface area contributed by atoms with Gasteiger partial charge in [0.25, 0.3) is 0 Å². The standard InChI is InChI=1S/C15H15N.C12H18.C2H4.CH2F2.CH2O/c1-11-8-12-5-6-13(10-14(12)9-11)15-4-2-3-7-16-15;1-5-6-12-8-10(3)9(2)7-11(12)4;1-2;2-1-3;1-2/h2-7,10-11H,8-9H2,1H3;7-8H,5-6H2,1-4H3;1-2H2;1H2;1H2/t11-;;;;/m1..../s1. The summed E-state index contributed by atoms with van der Waals surface area (Å²) in [6, 6.07) is 17.5. The Bertz CT molecular complexity index is 987. The average molecular weight is 482 g/mol. The second kappa shape index (κ2) is 18.2. The van der Waals surface area contributed by atoms with Crippen LogP contribution in [0.3, 0.4) is 0 Å². The molecule has 0 spiro atoms. The molecule has 0 aliphatic heterocycles. The molecule has 0 saturated heterocycles. The fourth-order valence-corrected chi connectivity index (χ4v) is 4.09. The van der Waals surface area contributed by atoms with Gasteiger partial charge in [0.05, 0.1) is 5.69 Å². The van der Waals surface area contributed by atoms with Crippen LogP contribution in [0.1, 0.15) is 53.6 Å². The van der Waals surface area contributed by atoms with Gasteiger partial charge in [0.1, 0.15) is 6.79 Å². The van der Waals surface area contributed by atoms with E-state index in [4.69, 9.17) is 4.79 Å². The molecule has 1 aliphatic carbocycles. The van der Waals surface area contributed by atoms with Gasteiger partial charge in [0.15, 0.2) is 0 Å². The van der Waals surface area contributed by atoms with Crippen molar-refractivity contribution in [3.05, 3.63) is 101 Å². The molecule has 1 atom stereocenters. The lowest BCUT2D eigenvalue weighted by Gasteiger charge is -2.08. The number of benzene rings is 2. The van der Waals surface area contributed by atoms with Crippen LogP contribution >= 0.6 is 0 Å². The number of halogens is 2. The van der Waals surface area contributed by atoms with Crippen molar-refractivity contribution < 1.29 is 13.6 Å². The third-order valence-electron chi connectivity index (χ3n) is 5.78. The van der Waals surface area contributed by atoms with Gasteiger partial charge in [-0.05, 0) is 97.5 Å². The summed E-state index contributed by atoms with van der Waals surface area (Å²) in [6.45, 7) is 17.4. The topological polar surface area (TPSA) is 30.0 Å². The largest absolute Gasteiger partial charge is 0.307 e. The number of rotatable bonds is 3. The Morgan fingerprint density at radius 3 is 2.06 bits per heavy atom. The highest BCUT2D eigenvalue weighted by atomic mass is 19.3. The number of hydrogen-bond donors (Lipinski definition) is 0. The zero-order valence-electron chi connectivity index (χ0n) is 22.0. The molecule has 4 rings (SSSR count). The monoisotopic (exact) mass is 481 g/mol. The summed E-state index contributed by atoms with van der Waals surface area (Å²) in [5.41, 5.74) is 11.1. The Morgan fingerprint density at radius 2 is 1.49 bits per heavy atom. The molecule has 0 bridgehead atoms. The van der Waals surface area contributed by atoms with Gasteiger partial charge in [-0.25, -0.2) is 8.78 Å². The number of hydrogen-bond acceptors (Lipinski definition) is 2. The molecular formula is C31H41F2NO. The Hall–Kier alpha value is -3.14. The molecule has 0 radical (unpaired) electrons. The molecule has 35 heavy (non-hydrogen) atoms. The van der Waals surface area contributed by atoms with Crippen LogP contribution in [0.25, 0.3) is 11.3 Å². The van der Waals surface area contributed by atoms with Crippen molar-refractivity contribution in [1.29, 1.82) is 0 Å². The third-order valence-corrected chi connectivity index (χ3v) is 5.78. The number of nitrogens with zero attached hydrogens (tertiary/aromatic N) is 1. The zero-order chi connectivity index (χ0) is 26.8. The van der Waals surface area contributed by atoms with Gasteiger partial charge in [-0.2, -0.15) is 0 Å². The van der Waals surface area contributed by atoms with Crippen molar-refractivity contribution in [2.45, 2.75) is 60.3 Å². The minimum Gasteiger partial charge on any atom is -0.307 e. The predicted molar refractivity (Wildman–Crippen MR) is 146 cm³/mol. The molecule has 0 amide bonds. The molecule has 3 aromatic rings. The normalized spacial score (nSPS) is 12.7. The molecule has 190 valence electrons. The van der Waals surface area contributed by atoms with Crippen molar-refractivity contribution in [2.24, 2.45) is 5.92 Å². The van der Waals surface area contributed by atoms with Gasteiger partial charge in [-0.1, -0.05) is 50.6 Å². The number of aromatic nitrogens is 1. The number of aryl methyl sites for hydroxylation is 4. The van der Waals surface area contributed by atoms with Gasteiger partial charge >= 0.3 is 0 Å². The van der Waals surface area contributed by atoms with Crippen LogP contribution in [-0.4, -0.2) is 18.7 Å². The molecule has 1 aliphatic rings. The maximum absolute atomic E-state index is 9.62. The van der Waals surface area contributed by atoms with Crippen molar-refractivity contribution in [1.82, 2.24) is 4.98 Å². The number of carbonyl (C=O) groups is 1. The van der Waals surface area contributed by atoms with E-state index in [-0.39, 0.29) is 0 Å². The summed E-state index contributed by atoms with van der Waals surface area (Å²) in [5.74, 6) is 0.800. The van der Waals surface area contributed by atoms with Crippen molar-refractivity contribution in [2.75, 3.05) is 6.93 Å². The summed E-state index contributed by atoms with van der Waals surface area (Å²) in [7, 11) is 0. The van der Waals surface area contributed by atoms with Crippen LogP contribution in [0.4, 0.5) is 8.78 Å². The highest BCUT2D eigenvalue weighted by Crippen LogP contribution is 2.29. The van der Waals surface area contributed by atoms with Crippen molar-refractivity contribution in [3.8, 4) is 11.3 Å². The first kappa shape index (κ1) is 31.9. The van der Waals surface area contributed by atoms with Crippen LogP contribution in [0.5, 0.6) is 0 Å². The first-order valence-electron chi connectivity index (χ1n) is 11.9. The fourth-order valence-electron chi connectivity index (χ4n) is 4.09. The van der Waals surface area contributed by atoms with E-state index in [0.29, 0.717) is 0 Å². The molecule has 2 aromatic carbocycles. The molecule has 0 fully saturated rings. The summed E-state index contributed by atoms with van der Waals surface area (Å²) < 4.78 is 19.2. The summed E-state index contributed by atoms with van der Waals surface area (Å²) >= 11 is 0. The Balaban J connectivity index is 0.000000541. The minimum absolute atomic E-state index is 0.800. The first-order valence-corrected chi connectivity index (χ1v) is 11.9. The molecule has 1 heterocycles. The number of alkyl halides is 2. The quantitative estimate of drug-likeness (QED) is 0.351. The molecule has 4 heteroatoms. The van der Waals surface area contributed by atoms with Crippen LogP contribution in [-0.2, 0) is 24.1 Å². The van der Waals surface area contributed by atoms with Gasteiger partial charge in [0, 0.05) is 11.8 Å². The third kappa shape index (κ3) is 10.8. The Labute approximate surface area is 211 Å². The van der Waals surface area contributed by atoms with E-state index in [2.05, 4.69) is 89.2 Å². The van der Waals surface area contributed by atoms with Gasteiger partial charge in [-0.15, -0.1) is 13.2 Å². The molecule has 2 nitrogen and oxygen atoms in total. The summed E-state index contributed by atoms with van der Waals surface area (Å²) in [6.07, 6.45) is 6.76. The van der Waals surface area contributed by atoms with E-state index in [0.717, 1.165) is 11.6 Å². The van der Waals surface area contributed by atoms with Gasteiger partial charge < -0.3 is 4.79 Å². The van der Waals surface area contributed by atoms with E-state index < -0.39 is 6.93 Å². The van der Waals surface area contributed by atoms with E-state index in [1.54, 1.807) is 0 Å². The highest BCUT2D eigenvalue weighted by Gasteiger charge is 2.17. The lowest BCUT2D eigenvalue weighted by Crippen LogP contribution is -1.92. The van der Waals surface area contributed by atoms with E-state index in [1.807, 2.05) is 25.1 Å². The lowest BCUT2D eigenvalue weighted by atomic mass is 9.98. The van der Waals surface area contributed by atoms with Crippen LogP contribution in [0, 0.1) is 26.7 Å². The average Bonchev–Trinajstić information content (AvgIpc) is 3.26. The maximum atomic E-state index is 9.62. The smallest absolute Gasteiger partial charge is 0.229 e. The lowest BCUT2D eigenvalue weighted by molar-refractivity contribution is -0.0980. The first-order chi connectivity index (χ1) is 16.9. The minimum atomic E-state index is -1.75. The van der Waals surface area contributed by atoms with Gasteiger partial charge in [-0.3, -0.25) is 4.98 Å². The second-order valence-corrected chi connectivity index (χ2v) is 8.43. The molecule has 0 unspecified atom stereocenters. The second-order valence-electron chi connectivity index (χ2n) is 8.43. The summed E-state index contributed by atoms with van der Waals surface area (Å²) in [4.78, 5) is 12.4. The van der Waals surface area contributed by atoms with E-state index >= 15 is 0 Å². The number of carbonyl (C=O) groups excluding carboxylic acids is 1. The highest BCUT2D eigenvalue weighted by molar-refractivity contribution is 5.61. The number of pyridine rings is 1. The van der Waals surface area contributed by atoms with Crippen LogP contribution in [0.2, 0.25) is 0 Å². The fraction of sp³-hybridized carbons (Fsp3) is 0.355. The molecule has 0 N–H and O–H groups in total.